The molecule has 0 bridgehead atoms. The lowest BCUT2D eigenvalue weighted by molar-refractivity contribution is 0.413. The molecule has 8 nitrogen and oxygen atoms in total. The molecule has 160 valence electrons. The Labute approximate surface area is 182 Å². The molecule has 1 aliphatic heterocycles. The highest BCUT2D eigenvalue weighted by atomic mass is 32.1. The first-order valence-electron chi connectivity index (χ1n) is 10.1. The first-order valence-corrected chi connectivity index (χ1v) is 10.9. The minimum absolute atomic E-state index is 0.284. The minimum atomic E-state index is -0.341. The van der Waals surface area contributed by atoms with Crippen molar-refractivity contribution in [3.05, 3.63) is 48.2 Å². The third-order valence-corrected chi connectivity index (χ3v) is 6.30. The van der Waals surface area contributed by atoms with E-state index in [9.17, 15) is 4.39 Å². The van der Waals surface area contributed by atoms with Gasteiger partial charge in [-0.05, 0) is 44.0 Å². The molecule has 5 rings (SSSR count). The van der Waals surface area contributed by atoms with Crippen LogP contribution in [0.25, 0.3) is 16.8 Å². The smallest absolute Gasteiger partial charge is 0.243 e. The van der Waals surface area contributed by atoms with Gasteiger partial charge in [-0.25, -0.2) is 13.9 Å². The molecular weight excluding hydrogens is 417 g/mol. The molecule has 0 aliphatic carbocycles. The molecule has 31 heavy (non-hydrogen) atoms. The van der Waals surface area contributed by atoms with Gasteiger partial charge in [0.05, 0.1) is 7.11 Å². The van der Waals surface area contributed by atoms with Crippen molar-refractivity contribution in [2.75, 3.05) is 30.4 Å². The van der Waals surface area contributed by atoms with E-state index in [1.54, 1.807) is 10.6 Å². The first-order chi connectivity index (χ1) is 15.1. The van der Waals surface area contributed by atoms with E-state index in [4.69, 9.17) is 9.72 Å². The van der Waals surface area contributed by atoms with Crippen LogP contribution in [0.4, 0.5) is 15.5 Å². The van der Waals surface area contributed by atoms with Gasteiger partial charge in [0.1, 0.15) is 17.4 Å². The molecule has 1 N–H and O–H groups in total. The third-order valence-electron chi connectivity index (χ3n) is 5.43. The number of hydrogen-bond donors (Lipinski definition) is 1. The van der Waals surface area contributed by atoms with Crippen LogP contribution in [0.2, 0.25) is 0 Å². The molecule has 4 heterocycles. The van der Waals surface area contributed by atoms with Crippen LogP contribution in [0.5, 0.6) is 5.75 Å². The zero-order valence-corrected chi connectivity index (χ0v) is 18.1. The number of ether oxygens (including phenoxy) is 1. The number of aryl methyl sites for hydroxylation is 1. The van der Waals surface area contributed by atoms with Crippen LogP contribution < -0.4 is 15.0 Å². The molecule has 0 saturated carbocycles. The highest BCUT2D eigenvalue weighted by Crippen LogP contribution is 2.33. The summed E-state index contributed by atoms with van der Waals surface area (Å²) in [7, 11) is 1.53. The molecule has 1 aromatic carbocycles. The number of piperidine rings is 1. The fraction of sp³-hybridized carbons (Fsp3) is 0.333. The number of nitrogens with one attached hydrogen (secondary N) is 1. The highest BCUT2D eigenvalue weighted by molar-refractivity contribution is 7.09. The number of hydrogen-bond acceptors (Lipinski definition) is 8. The van der Waals surface area contributed by atoms with E-state index >= 15 is 0 Å². The zero-order valence-electron chi connectivity index (χ0n) is 17.2. The molecule has 0 amide bonds. The fourth-order valence-electron chi connectivity index (χ4n) is 3.88. The van der Waals surface area contributed by atoms with E-state index in [1.807, 2.05) is 25.3 Å². The number of pyridine rings is 1. The second-order valence-electron chi connectivity index (χ2n) is 7.50. The Morgan fingerprint density at radius 1 is 1.16 bits per heavy atom. The van der Waals surface area contributed by atoms with Gasteiger partial charge in [0.25, 0.3) is 0 Å². The maximum atomic E-state index is 13.6. The number of benzene rings is 1. The summed E-state index contributed by atoms with van der Waals surface area (Å²) >= 11 is 1.45. The number of fused-ring (bicyclic) bond motifs is 1. The van der Waals surface area contributed by atoms with E-state index < -0.39 is 0 Å². The summed E-state index contributed by atoms with van der Waals surface area (Å²) in [5.74, 6) is 1.53. The lowest BCUT2D eigenvalue weighted by Crippen LogP contribution is -2.39. The molecule has 1 fully saturated rings. The van der Waals surface area contributed by atoms with Crippen molar-refractivity contribution < 1.29 is 9.13 Å². The lowest BCUT2D eigenvalue weighted by Gasteiger charge is -2.31. The van der Waals surface area contributed by atoms with E-state index in [1.165, 1.54) is 30.8 Å². The second kappa shape index (κ2) is 8.10. The topological polar surface area (TPSA) is 80.5 Å². The Kier molecular flexibility index (Phi) is 5.14. The van der Waals surface area contributed by atoms with Gasteiger partial charge in [-0.3, -0.25) is 0 Å². The van der Waals surface area contributed by atoms with Gasteiger partial charge < -0.3 is 15.0 Å². The van der Waals surface area contributed by atoms with Gasteiger partial charge in [-0.2, -0.15) is 9.36 Å². The van der Waals surface area contributed by atoms with E-state index in [-0.39, 0.29) is 11.9 Å². The molecule has 10 heteroatoms. The molecule has 4 aromatic rings. The van der Waals surface area contributed by atoms with Crippen molar-refractivity contribution in [2.24, 2.45) is 0 Å². The summed E-state index contributed by atoms with van der Waals surface area (Å²) in [4.78, 5) is 11.5. The normalized spacial score (nSPS) is 14.9. The number of aromatic nitrogens is 5. The van der Waals surface area contributed by atoms with Crippen LogP contribution in [0.15, 0.2) is 36.5 Å². The van der Waals surface area contributed by atoms with E-state index in [2.05, 4.69) is 24.7 Å². The fourth-order valence-corrected chi connectivity index (χ4v) is 4.60. The van der Waals surface area contributed by atoms with Crippen LogP contribution in [-0.4, -0.2) is 50.2 Å². The molecule has 1 aliphatic rings. The van der Waals surface area contributed by atoms with Crippen molar-refractivity contribution in [3.8, 4) is 16.9 Å². The van der Waals surface area contributed by atoms with Crippen LogP contribution in [0.3, 0.4) is 0 Å². The second-order valence-corrected chi connectivity index (χ2v) is 8.23. The first kappa shape index (κ1) is 19.7. The number of halogens is 1. The Bertz CT molecular complexity index is 1220. The largest absolute Gasteiger partial charge is 0.496 e. The lowest BCUT2D eigenvalue weighted by atomic mass is 10.1. The Morgan fingerprint density at radius 2 is 2.00 bits per heavy atom. The number of rotatable bonds is 5. The third kappa shape index (κ3) is 3.90. The molecule has 1 saturated heterocycles. The quantitative estimate of drug-likeness (QED) is 0.507. The highest BCUT2D eigenvalue weighted by Gasteiger charge is 2.23. The molecule has 3 aromatic heterocycles. The van der Waals surface area contributed by atoms with Gasteiger partial charge >= 0.3 is 0 Å². The molecule has 0 atom stereocenters. The summed E-state index contributed by atoms with van der Waals surface area (Å²) in [6.07, 6.45) is 3.78. The van der Waals surface area contributed by atoms with Crippen molar-refractivity contribution in [1.29, 1.82) is 0 Å². The summed E-state index contributed by atoms with van der Waals surface area (Å²) < 4.78 is 25.0. The van der Waals surface area contributed by atoms with Crippen molar-refractivity contribution in [1.82, 2.24) is 24.0 Å². The number of methoxy groups -OCH3 is 1. The van der Waals surface area contributed by atoms with Gasteiger partial charge in [0, 0.05) is 54.1 Å². The summed E-state index contributed by atoms with van der Waals surface area (Å²) in [6, 6.07) is 8.62. The van der Waals surface area contributed by atoms with E-state index in [0.717, 1.165) is 48.0 Å². The van der Waals surface area contributed by atoms with Crippen LogP contribution in [0.1, 0.15) is 18.7 Å². The standard InChI is InChI=1S/C21H22FN7OS/c1-13-23-21(31-27-13)28-10-7-15(8-11-28)24-20-25-19-17(4-3-9-29(19)26-20)16-6-5-14(22)12-18(16)30-2/h3-6,9,12,15H,7-8,10-11H2,1-2H3,(H,24,26). The van der Waals surface area contributed by atoms with E-state index in [0.29, 0.717) is 17.3 Å². The van der Waals surface area contributed by atoms with Crippen molar-refractivity contribution in [3.63, 3.8) is 0 Å². The molecule has 0 unspecified atom stereocenters. The summed E-state index contributed by atoms with van der Waals surface area (Å²) in [6.45, 7) is 3.74. The molecular formula is C21H22FN7OS. The molecule has 0 radical (unpaired) electrons. The number of nitrogens with zero attached hydrogens (tertiary/aromatic N) is 6. The van der Waals surface area contributed by atoms with Gasteiger partial charge in [-0.15, -0.1) is 5.10 Å². The maximum Gasteiger partial charge on any atom is 0.243 e. The summed E-state index contributed by atoms with van der Waals surface area (Å²) in [5, 5.41) is 9.05. The minimum Gasteiger partial charge on any atom is -0.496 e. The Morgan fingerprint density at radius 3 is 2.74 bits per heavy atom. The number of anilines is 2. The van der Waals surface area contributed by atoms with Crippen LogP contribution >= 0.6 is 11.5 Å². The van der Waals surface area contributed by atoms with Gasteiger partial charge in [0.15, 0.2) is 5.65 Å². The average Bonchev–Trinajstić information content (AvgIpc) is 3.40. The SMILES string of the molecule is COc1cc(F)ccc1-c1cccn2nc(NC3CCN(c4nc(C)ns4)CC3)nc12. The van der Waals surface area contributed by atoms with Crippen molar-refractivity contribution in [2.45, 2.75) is 25.8 Å². The van der Waals surface area contributed by atoms with Crippen molar-refractivity contribution >= 4 is 28.3 Å². The Balaban J connectivity index is 1.35. The average molecular weight is 440 g/mol. The monoisotopic (exact) mass is 439 g/mol. The summed E-state index contributed by atoms with van der Waals surface area (Å²) in [5.41, 5.74) is 2.30. The van der Waals surface area contributed by atoms with Crippen LogP contribution in [0, 0.1) is 12.7 Å². The van der Waals surface area contributed by atoms with Gasteiger partial charge in [-0.1, -0.05) is 0 Å². The molecule has 0 spiro atoms. The Hall–Kier alpha value is -3.27. The predicted octanol–water partition coefficient (Wildman–Crippen LogP) is 3.78. The zero-order chi connectivity index (χ0) is 21.4. The van der Waals surface area contributed by atoms with Gasteiger partial charge in [0.2, 0.25) is 11.1 Å². The predicted molar refractivity (Wildman–Crippen MR) is 118 cm³/mol. The maximum absolute atomic E-state index is 13.6. The van der Waals surface area contributed by atoms with Crippen LogP contribution in [-0.2, 0) is 0 Å².